The number of unbranched alkanes of at least 4 members (excludes halogenated alkanes) is 3. The maximum atomic E-state index is 13.9. The van der Waals surface area contributed by atoms with Crippen molar-refractivity contribution in [2.75, 3.05) is 6.61 Å². The van der Waals surface area contributed by atoms with E-state index in [1.807, 2.05) is 6.08 Å². The van der Waals surface area contributed by atoms with Crippen LogP contribution in [0.4, 0.5) is 0 Å². The van der Waals surface area contributed by atoms with E-state index < -0.39 is 88.7 Å². The Hall–Kier alpha value is -2.02. The average molecular weight is 573 g/mol. The zero-order valence-electron chi connectivity index (χ0n) is 23.9. The lowest BCUT2D eigenvalue weighted by atomic mass is 9.53. The molecular weight excluding hydrogens is 532 g/mol. The van der Waals surface area contributed by atoms with Gasteiger partial charge in [0.2, 0.25) is 5.78 Å². The van der Waals surface area contributed by atoms with E-state index in [2.05, 4.69) is 13.5 Å². The summed E-state index contributed by atoms with van der Waals surface area (Å²) in [5.74, 6) is -6.66. The summed E-state index contributed by atoms with van der Waals surface area (Å²) in [4.78, 5) is 27.4. The maximum Gasteiger partial charge on any atom is 0.353 e. The van der Waals surface area contributed by atoms with E-state index in [9.17, 15) is 30.0 Å². The van der Waals surface area contributed by atoms with E-state index >= 15 is 0 Å². The lowest BCUT2D eigenvalue weighted by Gasteiger charge is -2.60. The molecule has 0 spiro atoms. The van der Waals surface area contributed by atoms with Crippen LogP contribution in [0.1, 0.15) is 53.4 Å². The first-order chi connectivity index (χ1) is 19.3. The molecular formula is C31H40O10. The summed E-state index contributed by atoms with van der Waals surface area (Å²) in [6, 6.07) is 0. The Morgan fingerprint density at radius 1 is 1.15 bits per heavy atom. The van der Waals surface area contributed by atoms with Gasteiger partial charge in [-0.1, -0.05) is 57.6 Å². The molecule has 6 aliphatic rings. The van der Waals surface area contributed by atoms with Crippen LogP contribution in [0.15, 0.2) is 48.1 Å². The lowest BCUT2D eigenvalue weighted by molar-refractivity contribution is -0.406. The summed E-state index contributed by atoms with van der Waals surface area (Å²) in [6.07, 6.45) is 7.08. The molecule has 3 bridgehead atoms. The standard InChI is InChI=1S/C31H40O10/c1-6-7-8-9-10-11-12-13-20(33)31-39-25-21-24-27(15-32,38-24)26(36)28(37)19(14-17(4)22(28)34)30(21,41-31)18(5)23(35)29(25,40-31)16(2)3/h10-14,18-19,21,23-26,32,35-37H,2,6-9,15H2,1,3-5H3/b11-10+,13-12+/t18-,19-,21+,23-,24+,25-,26-,27+,28-,29+,30+,31?/m1/s1. The third-order valence-corrected chi connectivity index (χ3v) is 10.6. The van der Waals surface area contributed by atoms with Crippen LogP contribution in [0.3, 0.4) is 0 Å². The molecule has 3 heterocycles. The Morgan fingerprint density at radius 2 is 1.88 bits per heavy atom. The Balaban J connectivity index is 1.50. The zero-order valence-corrected chi connectivity index (χ0v) is 23.9. The van der Waals surface area contributed by atoms with Crippen molar-refractivity contribution in [2.45, 2.75) is 106 Å². The highest BCUT2D eigenvalue weighted by molar-refractivity contribution is 6.05. The number of carbonyl (C=O) groups excluding carboxylic acids is 2. The number of carbonyl (C=O) groups is 2. The first kappa shape index (κ1) is 29.1. The molecule has 2 saturated carbocycles. The van der Waals surface area contributed by atoms with Crippen molar-refractivity contribution in [2.24, 2.45) is 17.8 Å². The number of rotatable bonds is 9. The van der Waals surface area contributed by atoms with Crippen LogP contribution >= 0.6 is 0 Å². The Bertz CT molecular complexity index is 1270. The van der Waals surface area contributed by atoms with Gasteiger partial charge in [0, 0.05) is 17.8 Å². The Morgan fingerprint density at radius 3 is 2.54 bits per heavy atom. The van der Waals surface area contributed by atoms with Gasteiger partial charge in [-0.2, -0.15) is 0 Å². The summed E-state index contributed by atoms with van der Waals surface area (Å²) in [5.41, 5.74) is -6.83. The summed E-state index contributed by atoms with van der Waals surface area (Å²) >= 11 is 0. The number of fused-ring (bicyclic) bond motifs is 3. The summed E-state index contributed by atoms with van der Waals surface area (Å²) in [5, 5.41) is 46.0. The number of aliphatic hydroxyl groups is 4. The minimum absolute atomic E-state index is 0.187. The predicted octanol–water partition coefficient (Wildman–Crippen LogP) is 1.41. The quantitative estimate of drug-likeness (QED) is 0.105. The predicted molar refractivity (Wildman–Crippen MR) is 144 cm³/mol. The molecule has 10 heteroatoms. The van der Waals surface area contributed by atoms with Crippen LogP contribution in [0.5, 0.6) is 0 Å². The number of epoxide rings is 1. The molecule has 12 atom stereocenters. The fourth-order valence-corrected chi connectivity index (χ4v) is 8.41. The molecule has 10 nitrogen and oxygen atoms in total. The highest BCUT2D eigenvalue weighted by Crippen LogP contribution is 2.72. The molecule has 41 heavy (non-hydrogen) atoms. The highest BCUT2D eigenvalue weighted by atomic mass is 16.9. The van der Waals surface area contributed by atoms with Crippen molar-refractivity contribution in [3.05, 3.63) is 48.1 Å². The van der Waals surface area contributed by atoms with Gasteiger partial charge < -0.3 is 39.4 Å². The molecule has 0 aromatic rings. The van der Waals surface area contributed by atoms with Crippen LogP contribution in [0.2, 0.25) is 0 Å². The van der Waals surface area contributed by atoms with Crippen LogP contribution in [-0.4, -0.2) is 91.4 Å². The van der Waals surface area contributed by atoms with Crippen molar-refractivity contribution < 1.29 is 49.0 Å². The van der Waals surface area contributed by atoms with Gasteiger partial charge in [0.05, 0.1) is 18.3 Å². The lowest BCUT2D eigenvalue weighted by Crippen LogP contribution is -2.76. The number of aliphatic hydroxyl groups excluding tert-OH is 3. The molecule has 1 unspecified atom stereocenters. The van der Waals surface area contributed by atoms with Gasteiger partial charge in [0.25, 0.3) is 0 Å². The second kappa shape index (κ2) is 9.24. The maximum absolute atomic E-state index is 13.9. The molecule has 0 aromatic heterocycles. The molecule has 0 amide bonds. The second-order valence-corrected chi connectivity index (χ2v) is 12.7. The van der Waals surface area contributed by atoms with E-state index in [4.69, 9.17) is 18.9 Å². The van der Waals surface area contributed by atoms with Crippen molar-refractivity contribution in [1.82, 2.24) is 0 Å². The fraction of sp³-hybridized carbons (Fsp3) is 0.677. The topological polar surface area (TPSA) is 155 Å². The third kappa shape index (κ3) is 3.30. The van der Waals surface area contributed by atoms with Crippen LogP contribution in [-0.2, 0) is 28.5 Å². The number of hydrogen-bond acceptors (Lipinski definition) is 10. The molecule has 3 saturated heterocycles. The molecule has 224 valence electrons. The minimum Gasteiger partial charge on any atom is -0.393 e. The van der Waals surface area contributed by atoms with Gasteiger partial charge in [0.15, 0.2) is 11.4 Å². The van der Waals surface area contributed by atoms with Crippen molar-refractivity contribution >= 4 is 11.6 Å². The Labute approximate surface area is 239 Å². The molecule has 0 radical (unpaired) electrons. The molecule has 6 rings (SSSR count). The Kier molecular flexibility index (Phi) is 6.55. The van der Waals surface area contributed by atoms with Crippen molar-refractivity contribution in [3.63, 3.8) is 0 Å². The summed E-state index contributed by atoms with van der Waals surface area (Å²) in [7, 11) is 0. The van der Waals surface area contributed by atoms with Crippen LogP contribution in [0, 0.1) is 17.8 Å². The first-order valence-electron chi connectivity index (χ1n) is 14.6. The van der Waals surface area contributed by atoms with Crippen LogP contribution in [0.25, 0.3) is 0 Å². The van der Waals surface area contributed by atoms with E-state index in [0.717, 1.165) is 25.7 Å². The van der Waals surface area contributed by atoms with E-state index in [1.54, 1.807) is 26.0 Å². The minimum atomic E-state index is -2.45. The van der Waals surface area contributed by atoms with Crippen molar-refractivity contribution in [3.8, 4) is 0 Å². The van der Waals surface area contributed by atoms with Gasteiger partial charge in [-0.15, -0.1) is 0 Å². The van der Waals surface area contributed by atoms with Crippen molar-refractivity contribution in [1.29, 1.82) is 0 Å². The summed E-state index contributed by atoms with van der Waals surface area (Å²) < 4.78 is 25.4. The molecule has 4 N–H and O–H groups in total. The molecule has 0 aromatic carbocycles. The van der Waals surface area contributed by atoms with E-state index in [1.165, 1.54) is 19.1 Å². The zero-order chi connectivity index (χ0) is 29.8. The monoisotopic (exact) mass is 572 g/mol. The normalized spacial score (nSPS) is 51.0. The van der Waals surface area contributed by atoms with Gasteiger partial charge in [-0.3, -0.25) is 9.59 Å². The average Bonchev–Trinajstić information content (AvgIpc) is 3.56. The van der Waals surface area contributed by atoms with E-state index in [-0.39, 0.29) is 5.57 Å². The number of ether oxygens (including phenoxy) is 4. The number of allylic oxidation sites excluding steroid dienone is 3. The highest BCUT2D eigenvalue weighted by Gasteiger charge is 2.90. The van der Waals surface area contributed by atoms with E-state index in [0.29, 0.717) is 5.57 Å². The summed E-state index contributed by atoms with van der Waals surface area (Å²) in [6.45, 7) is 10.4. The smallest absolute Gasteiger partial charge is 0.353 e. The molecule has 3 aliphatic heterocycles. The van der Waals surface area contributed by atoms with Crippen LogP contribution < -0.4 is 0 Å². The van der Waals surface area contributed by atoms with Gasteiger partial charge in [-0.25, -0.2) is 0 Å². The number of hydrogen-bond donors (Lipinski definition) is 4. The third-order valence-electron chi connectivity index (χ3n) is 10.6. The molecule has 5 fully saturated rings. The largest absolute Gasteiger partial charge is 0.393 e. The first-order valence-corrected chi connectivity index (χ1v) is 14.6. The number of ketones is 2. The van der Waals surface area contributed by atoms with Gasteiger partial charge in [0.1, 0.15) is 29.5 Å². The second-order valence-electron chi connectivity index (χ2n) is 12.7. The fourth-order valence-electron chi connectivity index (χ4n) is 8.41. The number of Topliss-reactive ketones (excluding diaryl/α,β-unsaturated/α-hetero) is 1. The van der Waals surface area contributed by atoms with Gasteiger partial charge >= 0.3 is 5.97 Å². The SMILES string of the molecule is C=C(C)[C@@]12OC3(C(=O)/C=C/C=C/CCCCC)O[C@@H]1[C@@H]1[C@@H]4O[C@]4(CO)[C@@H](O)[C@]4(O)C(=O)C(C)=C[C@H]4[C@@]1(O3)[C@H](C)[C@H]2O. The molecule has 3 aliphatic carbocycles. The van der Waals surface area contributed by atoms with Gasteiger partial charge in [-0.05, 0) is 43.9 Å².